The van der Waals surface area contributed by atoms with E-state index in [9.17, 15) is 9.59 Å². The summed E-state index contributed by atoms with van der Waals surface area (Å²) in [5, 5.41) is 8.49. The molecule has 0 amide bonds. The average molecular weight is 318 g/mol. The lowest BCUT2D eigenvalue weighted by atomic mass is 10.1. The number of rotatable bonds is 14. The van der Waals surface area contributed by atoms with E-state index in [1.807, 2.05) is 30.4 Å². The minimum atomic E-state index is -0.747. The van der Waals surface area contributed by atoms with Gasteiger partial charge in [0.1, 0.15) is 0 Å². The molecule has 0 aromatic carbocycles. The highest BCUT2D eigenvalue weighted by atomic mass is 16.4. The number of hydrogen-bond donors (Lipinski definition) is 1. The van der Waals surface area contributed by atoms with Crippen LogP contribution in [0.1, 0.15) is 64.7 Å². The highest BCUT2D eigenvalue weighted by molar-refractivity contribution is 5.99. The predicted octanol–water partition coefficient (Wildman–Crippen LogP) is 5.40. The molecule has 0 saturated heterocycles. The van der Waals surface area contributed by atoms with Gasteiger partial charge in [-0.15, -0.1) is 0 Å². The molecule has 1 N–H and O–H groups in total. The van der Waals surface area contributed by atoms with E-state index in [1.165, 1.54) is 19.3 Å². The SMILES string of the molecule is CCCCCCC=CC(=O)C=CC=CCC=CCCCC(=O)O. The molecule has 3 heteroatoms. The van der Waals surface area contributed by atoms with Gasteiger partial charge in [-0.25, -0.2) is 0 Å². The van der Waals surface area contributed by atoms with Gasteiger partial charge in [-0.3, -0.25) is 9.59 Å². The fourth-order valence-electron chi connectivity index (χ4n) is 1.92. The fraction of sp³-hybridized carbons (Fsp3) is 0.500. The van der Waals surface area contributed by atoms with E-state index in [0.29, 0.717) is 6.42 Å². The maximum atomic E-state index is 11.5. The van der Waals surface area contributed by atoms with Crippen LogP contribution in [-0.4, -0.2) is 16.9 Å². The van der Waals surface area contributed by atoms with Crippen molar-refractivity contribution in [2.75, 3.05) is 0 Å². The summed E-state index contributed by atoms with van der Waals surface area (Å²) in [6.45, 7) is 2.19. The number of carbonyl (C=O) groups is 2. The first-order valence-corrected chi connectivity index (χ1v) is 8.57. The summed E-state index contributed by atoms with van der Waals surface area (Å²) in [6.07, 6.45) is 23.0. The topological polar surface area (TPSA) is 54.4 Å². The van der Waals surface area contributed by atoms with Crippen molar-refractivity contribution in [3.05, 3.63) is 48.6 Å². The number of allylic oxidation sites excluding steroid dienone is 8. The number of carbonyl (C=O) groups excluding carboxylic acids is 1. The molecule has 0 aromatic rings. The summed E-state index contributed by atoms with van der Waals surface area (Å²) < 4.78 is 0. The van der Waals surface area contributed by atoms with Gasteiger partial charge in [0.05, 0.1) is 0 Å². The van der Waals surface area contributed by atoms with Crippen LogP contribution >= 0.6 is 0 Å². The van der Waals surface area contributed by atoms with E-state index in [-0.39, 0.29) is 12.2 Å². The van der Waals surface area contributed by atoms with E-state index >= 15 is 0 Å². The first-order chi connectivity index (χ1) is 11.2. The second-order valence-electron chi connectivity index (χ2n) is 5.43. The van der Waals surface area contributed by atoms with E-state index in [1.54, 1.807) is 18.2 Å². The molecule has 0 aromatic heterocycles. The lowest BCUT2D eigenvalue weighted by Crippen LogP contribution is -1.92. The fourth-order valence-corrected chi connectivity index (χ4v) is 1.92. The largest absolute Gasteiger partial charge is 0.481 e. The Morgan fingerprint density at radius 1 is 0.826 bits per heavy atom. The van der Waals surface area contributed by atoms with Crippen molar-refractivity contribution in [2.45, 2.75) is 64.7 Å². The molecule has 0 aliphatic rings. The summed E-state index contributed by atoms with van der Waals surface area (Å²) in [7, 11) is 0. The summed E-state index contributed by atoms with van der Waals surface area (Å²) in [5.41, 5.74) is 0. The van der Waals surface area contributed by atoms with Crippen LogP contribution < -0.4 is 0 Å². The number of aliphatic carboxylic acids is 1. The molecule has 0 radical (unpaired) electrons. The Morgan fingerprint density at radius 3 is 2.35 bits per heavy atom. The third kappa shape index (κ3) is 18.1. The van der Waals surface area contributed by atoms with Gasteiger partial charge in [-0.05, 0) is 44.3 Å². The molecule has 0 unspecified atom stereocenters. The van der Waals surface area contributed by atoms with Gasteiger partial charge >= 0.3 is 5.97 Å². The minimum Gasteiger partial charge on any atom is -0.481 e. The number of carboxylic acid groups (broad SMARTS) is 1. The summed E-state index contributed by atoms with van der Waals surface area (Å²) >= 11 is 0. The Labute approximate surface area is 140 Å². The average Bonchev–Trinajstić information content (AvgIpc) is 2.52. The maximum absolute atomic E-state index is 11.5. The van der Waals surface area contributed by atoms with Crippen molar-refractivity contribution >= 4 is 11.8 Å². The quantitative estimate of drug-likeness (QED) is 0.202. The Balaban J connectivity index is 3.66. The van der Waals surface area contributed by atoms with Crippen LogP contribution in [-0.2, 0) is 9.59 Å². The summed E-state index contributed by atoms with van der Waals surface area (Å²) in [6, 6.07) is 0. The smallest absolute Gasteiger partial charge is 0.303 e. The van der Waals surface area contributed by atoms with Gasteiger partial charge in [0.15, 0.2) is 5.78 Å². The lowest BCUT2D eigenvalue weighted by Gasteiger charge is -1.93. The third-order valence-electron chi connectivity index (χ3n) is 3.21. The van der Waals surface area contributed by atoms with Crippen molar-refractivity contribution in [1.29, 1.82) is 0 Å². The number of unbranched alkanes of at least 4 members (excludes halogenated alkanes) is 5. The van der Waals surface area contributed by atoms with Crippen LogP contribution in [0.5, 0.6) is 0 Å². The van der Waals surface area contributed by atoms with Crippen molar-refractivity contribution < 1.29 is 14.7 Å². The lowest BCUT2D eigenvalue weighted by molar-refractivity contribution is -0.137. The second-order valence-corrected chi connectivity index (χ2v) is 5.43. The molecule has 0 atom stereocenters. The zero-order chi connectivity index (χ0) is 17.2. The Morgan fingerprint density at radius 2 is 1.61 bits per heavy atom. The molecule has 0 rings (SSSR count). The van der Waals surface area contributed by atoms with E-state index in [4.69, 9.17) is 5.11 Å². The van der Waals surface area contributed by atoms with Gasteiger partial charge < -0.3 is 5.11 Å². The van der Waals surface area contributed by atoms with Crippen LogP contribution in [0.25, 0.3) is 0 Å². The molecule has 0 aliphatic heterocycles. The van der Waals surface area contributed by atoms with E-state index in [2.05, 4.69) is 6.92 Å². The van der Waals surface area contributed by atoms with E-state index < -0.39 is 5.97 Å². The van der Waals surface area contributed by atoms with Crippen molar-refractivity contribution in [3.63, 3.8) is 0 Å². The van der Waals surface area contributed by atoms with E-state index in [0.717, 1.165) is 25.7 Å². The van der Waals surface area contributed by atoms with Gasteiger partial charge in [-0.1, -0.05) is 62.6 Å². The molecule has 128 valence electrons. The molecule has 23 heavy (non-hydrogen) atoms. The first kappa shape index (κ1) is 21.1. The second kappa shape index (κ2) is 16.5. The Hall–Kier alpha value is -1.90. The predicted molar refractivity (Wildman–Crippen MR) is 96.4 cm³/mol. The normalized spacial score (nSPS) is 12.2. The van der Waals surface area contributed by atoms with Gasteiger partial charge in [0.2, 0.25) is 0 Å². The molecular formula is C20H30O3. The monoisotopic (exact) mass is 318 g/mol. The van der Waals surface area contributed by atoms with Crippen molar-refractivity contribution in [3.8, 4) is 0 Å². The third-order valence-corrected chi connectivity index (χ3v) is 3.21. The van der Waals surface area contributed by atoms with Crippen molar-refractivity contribution in [2.24, 2.45) is 0 Å². The Bertz CT molecular complexity index is 428. The molecule has 0 heterocycles. The van der Waals surface area contributed by atoms with Crippen molar-refractivity contribution in [1.82, 2.24) is 0 Å². The molecular weight excluding hydrogens is 288 g/mol. The number of hydrogen-bond acceptors (Lipinski definition) is 2. The standard InChI is InChI=1S/C20H30O3/c1-2-3-4-5-10-13-16-19(21)17-14-11-8-6-7-9-12-15-18-20(22)23/h7-9,11,13-14,16-17H,2-6,10,12,15,18H2,1H3,(H,22,23). The van der Waals surface area contributed by atoms with Gasteiger partial charge in [-0.2, -0.15) is 0 Å². The molecule has 3 nitrogen and oxygen atoms in total. The van der Waals surface area contributed by atoms with Crippen LogP contribution in [0.2, 0.25) is 0 Å². The molecule has 0 aliphatic carbocycles. The zero-order valence-corrected chi connectivity index (χ0v) is 14.2. The highest BCUT2D eigenvalue weighted by Crippen LogP contribution is 2.03. The number of ketones is 1. The minimum absolute atomic E-state index is 0.0226. The maximum Gasteiger partial charge on any atom is 0.303 e. The summed E-state index contributed by atoms with van der Waals surface area (Å²) in [4.78, 5) is 21.8. The Kier molecular flexibility index (Phi) is 15.1. The van der Waals surface area contributed by atoms with Crippen LogP contribution in [0.15, 0.2) is 48.6 Å². The van der Waals surface area contributed by atoms with Crippen LogP contribution in [0.3, 0.4) is 0 Å². The van der Waals surface area contributed by atoms with Gasteiger partial charge in [0.25, 0.3) is 0 Å². The van der Waals surface area contributed by atoms with Crippen LogP contribution in [0.4, 0.5) is 0 Å². The van der Waals surface area contributed by atoms with Crippen LogP contribution in [0, 0.1) is 0 Å². The number of carboxylic acids is 1. The summed E-state index contributed by atoms with van der Waals surface area (Å²) in [5.74, 6) is -0.725. The first-order valence-electron chi connectivity index (χ1n) is 8.57. The molecule has 0 saturated carbocycles. The zero-order valence-electron chi connectivity index (χ0n) is 14.2. The highest BCUT2D eigenvalue weighted by Gasteiger charge is 1.92. The molecule has 0 bridgehead atoms. The molecule has 0 spiro atoms. The molecule has 0 fully saturated rings. The van der Waals surface area contributed by atoms with Gasteiger partial charge in [0, 0.05) is 6.42 Å².